The molecule has 0 aliphatic rings. The molecule has 4 aromatic rings. The van der Waals surface area contributed by atoms with E-state index < -0.39 is 0 Å². The van der Waals surface area contributed by atoms with Crippen LogP contribution in [0.2, 0.25) is 5.02 Å². The number of fused-ring (bicyclic) bond motifs is 3. The maximum absolute atomic E-state index is 12.7. The zero-order valence-corrected chi connectivity index (χ0v) is 12.2. The van der Waals surface area contributed by atoms with Crippen LogP contribution < -0.4 is 5.56 Å². The number of rotatable bonds is 1. The minimum absolute atomic E-state index is 0.106. The Kier molecular flexibility index (Phi) is 2.77. The Morgan fingerprint density at radius 1 is 1.14 bits per heavy atom. The predicted octanol–water partition coefficient (Wildman–Crippen LogP) is 3.65. The molecule has 102 valence electrons. The maximum Gasteiger partial charge on any atom is 0.275 e. The molecule has 0 fully saturated rings. The second-order valence-electron chi connectivity index (χ2n) is 4.54. The summed E-state index contributed by atoms with van der Waals surface area (Å²) in [5, 5.41) is 1.49. The molecule has 21 heavy (non-hydrogen) atoms. The topological polar surface area (TPSA) is 47.8 Å². The standard InChI is InChI=1S/C15H8ClN3OS/c16-9-3-1-4-10(7-9)19-8-18-12-11-5-2-6-17-14(11)21-13(12)15(19)20/h1-8H. The fraction of sp³-hybridized carbons (Fsp3) is 0. The molecule has 4 nitrogen and oxygen atoms in total. The number of hydrogen-bond donors (Lipinski definition) is 0. The Bertz CT molecular complexity index is 1040. The van der Waals surface area contributed by atoms with Gasteiger partial charge in [-0.2, -0.15) is 0 Å². The Morgan fingerprint density at radius 2 is 2.05 bits per heavy atom. The van der Waals surface area contributed by atoms with Gasteiger partial charge in [-0.3, -0.25) is 9.36 Å². The monoisotopic (exact) mass is 313 g/mol. The van der Waals surface area contributed by atoms with Gasteiger partial charge in [-0.25, -0.2) is 9.97 Å². The summed E-state index contributed by atoms with van der Waals surface area (Å²) in [5.41, 5.74) is 1.30. The Balaban J connectivity index is 2.07. The molecule has 4 rings (SSSR count). The molecule has 0 N–H and O–H groups in total. The smallest absolute Gasteiger partial charge is 0.267 e. The molecule has 0 saturated carbocycles. The second kappa shape index (κ2) is 4.65. The van der Waals surface area contributed by atoms with Crippen molar-refractivity contribution in [3.8, 4) is 5.69 Å². The SMILES string of the molecule is O=c1c2sc3ncccc3c2ncn1-c1cccc(Cl)c1. The van der Waals surface area contributed by atoms with E-state index in [0.717, 1.165) is 10.2 Å². The van der Waals surface area contributed by atoms with Crippen molar-refractivity contribution in [2.24, 2.45) is 0 Å². The number of aromatic nitrogens is 3. The van der Waals surface area contributed by atoms with Gasteiger partial charge in [-0.15, -0.1) is 11.3 Å². The molecule has 0 spiro atoms. The van der Waals surface area contributed by atoms with E-state index in [4.69, 9.17) is 11.6 Å². The predicted molar refractivity (Wildman–Crippen MR) is 85.5 cm³/mol. The molecule has 0 bridgehead atoms. The highest BCUT2D eigenvalue weighted by molar-refractivity contribution is 7.25. The van der Waals surface area contributed by atoms with Gasteiger partial charge in [0.05, 0.1) is 11.2 Å². The minimum atomic E-state index is -0.106. The lowest BCUT2D eigenvalue weighted by Gasteiger charge is -2.05. The first kappa shape index (κ1) is 12.5. The average Bonchev–Trinajstić information content (AvgIpc) is 2.87. The Labute approximate surface area is 128 Å². The van der Waals surface area contributed by atoms with Crippen LogP contribution in [-0.2, 0) is 0 Å². The molecule has 0 unspecified atom stereocenters. The Hall–Kier alpha value is -2.24. The van der Waals surface area contributed by atoms with Crippen molar-refractivity contribution in [3.05, 3.63) is 64.3 Å². The van der Waals surface area contributed by atoms with Crippen molar-refractivity contribution in [3.63, 3.8) is 0 Å². The van der Waals surface area contributed by atoms with E-state index in [0.29, 0.717) is 20.9 Å². The lowest BCUT2D eigenvalue weighted by molar-refractivity contribution is 0.968. The van der Waals surface area contributed by atoms with E-state index in [-0.39, 0.29) is 5.56 Å². The van der Waals surface area contributed by atoms with Crippen molar-refractivity contribution >= 4 is 43.4 Å². The molecule has 3 heterocycles. The molecule has 1 aromatic carbocycles. The van der Waals surface area contributed by atoms with Crippen LogP contribution in [-0.4, -0.2) is 14.5 Å². The summed E-state index contributed by atoms with van der Waals surface area (Å²) in [5.74, 6) is 0. The third kappa shape index (κ3) is 1.93. The fourth-order valence-corrected chi connectivity index (χ4v) is 3.49. The second-order valence-corrected chi connectivity index (χ2v) is 5.97. The number of halogens is 1. The summed E-state index contributed by atoms with van der Waals surface area (Å²) in [7, 11) is 0. The normalized spacial score (nSPS) is 11.3. The fourth-order valence-electron chi connectivity index (χ4n) is 2.28. The summed E-state index contributed by atoms with van der Waals surface area (Å²) in [6.45, 7) is 0. The van der Waals surface area contributed by atoms with Crippen LogP contribution in [0.1, 0.15) is 0 Å². The number of pyridine rings is 1. The number of nitrogens with zero attached hydrogens (tertiary/aromatic N) is 3. The number of thiophene rings is 1. The minimum Gasteiger partial charge on any atom is -0.267 e. The van der Waals surface area contributed by atoms with Crippen LogP contribution in [0, 0.1) is 0 Å². The van der Waals surface area contributed by atoms with Gasteiger partial charge in [0.2, 0.25) is 0 Å². The molecule has 3 aromatic heterocycles. The van der Waals surface area contributed by atoms with Crippen molar-refractivity contribution in [2.75, 3.05) is 0 Å². The molecule has 0 radical (unpaired) electrons. The summed E-state index contributed by atoms with van der Waals surface area (Å²) < 4.78 is 2.11. The van der Waals surface area contributed by atoms with Crippen molar-refractivity contribution in [2.45, 2.75) is 0 Å². The quantitative estimate of drug-likeness (QED) is 0.539. The van der Waals surface area contributed by atoms with Crippen molar-refractivity contribution in [1.29, 1.82) is 0 Å². The van der Waals surface area contributed by atoms with Gasteiger partial charge in [0.15, 0.2) is 0 Å². The van der Waals surface area contributed by atoms with Crippen molar-refractivity contribution < 1.29 is 0 Å². The summed E-state index contributed by atoms with van der Waals surface area (Å²) in [6.07, 6.45) is 3.25. The number of hydrogen-bond acceptors (Lipinski definition) is 4. The number of benzene rings is 1. The van der Waals surface area contributed by atoms with Crippen LogP contribution in [0.25, 0.3) is 26.1 Å². The van der Waals surface area contributed by atoms with Gasteiger partial charge in [0.1, 0.15) is 15.9 Å². The first-order chi connectivity index (χ1) is 10.2. The van der Waals surface area contributed by atoms with Crippen molar-refractivity contribution in [1.82, 2.24) is 14.5 Å². The molecule has 0 atom stereocenters. The average molecular weight is 314 g/mol. The van der Waals surface area contributed by atoms with E-state index in [9.17, 15) is 4.79 Å². The molecule has 0 saturated heterocycles. The van der Waals surface area contributed by atoms with Gasteiger partial charge in [0, 0.05) is 16.6 Å². The third-order valence-electron chi connectivity index (χ3n) is 3.24. The van der Waals surface area contributed by atoms with Gasteiger partial charge < -0.3 is 0 Å². The lowest BCUT2D eigenvalue weighted by atomic mass is 10.3. The molecule has 0 aliphatic carbocycles. The zero-order valence-electron chi connectivity index (χ0n) is 10.7. The van der Waals surface area contributed by atoms with Crippen LogP contribution in [0.15, 0.2) is 53.7 Å². The maximum atomic E-state index is 12.7. The van der Waals surface area contributed by atoms with E-state index in [2.05, 4.69) is 9.97 Å². The third-order valence-corrected chi connectivity index (χ3v) is 4.57. The first-order valence-electron chi connectivity index (χ1n) is 6.25. The lowest BCUT2D eigenvalue weighted by Crippen LogP contribution is -2.17. The van der Waals surface area contributed by atoms with Gasteiger partial charge in [-0.05, 0) is 30.3 Å². The highest BCUT2D eigenvalue weighted by atomic mass is 35.5. The zero-order chi connectivity index (χ0) is 14.4. The summed E-state index contributed by atoms with van der Waals surface area (Å²) in [4.78, 5) is 22.2. The van der Waals surface area contributed by atoms with E-state index in [1.54, 1.807) is 24.4 Å². The first-order valence-corrected chi connectivity index (χ1v) is 7.44. The van der Waals surface area contributed by atoms with Crippen LogP contribution in [0.3, 0.4) is 0 Å². The highest BCUT2D eigenvalue weighted by Crippen LogP contribution is 2.28. The van der Waals surface area contributed by atoms with E-state index in [1.807, 2.05) is 18.2 Å². The van der Waals surface area contributed by atoms with Crippen LogP contribution in [0.4, 0.5) is 0 Å². The molecule has 0 aliphatic heterocycles. The molecular formula is C15H8ClN3OS. The van der Waals surface area contributed by atoms with Gasteiger partial charge in [0.25, 0.3) is 5.56 Å². The largest absolute Gasteiger partial charge is 0.275 e. The highest BCUT2D eigenvalue weighted by Gasteiger charge is 2.12. The van der Waals surface area contributed by atoms with E-state index >= 15 is 0 Å². The van der Waals surface area contributed by atoms with Crippen LogP contribution >= 0.6 is 22.9 Å². The molecule has 0 amide bonds. The van der Waals surface area contributed by atoms with E-state index in [1.165, 1.54) is 22.2 Å². The molecule has 6 heteroatoms. The summed E-state index contributed by atoms with van der Waals surface area (Å²) >= 11 is 7.35. The van der Waals surface area contributed by atoms with Gasteiger partial charge >= 0.3 is 0 Å². The van der Waals surface area contributed by atoms with Gasteiger partial charge in [-0.1, -0.05) is 17.7 Å². The Morgan fingerprint density at radius 3 is 2.90 bits per heavy atom. The summed E-state index contributed by atoms with van der Waals surface area (Å²) in [6, 6.07) is 10.9. The molecular weight excluding hydrogens is 306 g/mol. The van der Waals surface area contributed by atoms with Crippen LogP contribution in [0.5, 0.6) is 0 Å².